The minimum atomic E-state index is -1.77. The first-order valence-electron chi connectivity index (χ1n) is 10.7. The van der Waals surface area contributed by atoms with Crippen LogP contribution in [0.15, 0.2) is 53.0 Å². The maximum Gasteiger partial charge on any atom is 0.325 e. The fourth-order valence-corrected chi connectivity index (χ4v) is 5.38. The SMILES string of the molecule is CC(C)(C)N1C(=O)C2C(c3ccc(Br)cc3)NC(Cc3ccc([N+](=O)[O-])cc3)(C(=O)O)C2C1=O. The van der Waals surface area contributed by atoms with Gasteiger partial charge < -0.3 is 5.11 Å². The molecule has 0 aromatic heterocycles. The van der Waals surface area contributed by atoms with E-state index in [2.05, 4.69) is 21.2 Å². The number of non-ortho nitro benzene ring substituents is 1. The lowest BCUT2D eigenvalue weighted by Gasteiger charge is -2.35. The standard InChI is InChI=1S/C24H24BrN3O6/c1-23(2,3)27-20(29)17-18(21(27)30)24(22(31)32,12-13-4-10-16(11-5-13)28(33)34)26-19(17)14-6-8-15(25)9-7-14/h4-11,17-19,26H,12H2,1-3H3,(H,31,32). The first-order valence-corrected chi connectivity index (χ1v) is 11.5. The first-order chi connectivity index (χ1) is 15.9. The second-order valence-electron chi connectivity index (χ2n) is 9.74. The Morgan fingerprint density at radius 1 is 1.12 bits per heavy atom. The monoisotopic (exact) mass is 529 g/mol. The van der Waals surface area contributed by atoms with Crippen molar-refractivity contribution in [3.63, 3.8) is 0 Å². The number of carbonyl (C=O) groups is 3. The van der Waals surface area contributed by atoms with Crippen LogP contribution in [0.25, 0.3) is 0 Å². The predicted molar refractivity (Wildman–Crippen MR) is 126 cm³/mol. The fraction of sp³-hybridized carbons (Fsp3) is 0.375. The third-order valence-electron chi connectivity index (χ3n) is 6.57. The van der Waals surface area contributed by atoms with Crippen LogP contribution in [-0.4, -0.2) is 43.8 Å². The van der Waals surface area contributed by atoms with E-state index in [0.29, 0.717) is 11.1 Å². The van der Waals surface area contributed by atoms with Crippen LogP contribution in [0.4, 0.5) is 5.69 Å². The van der Waals surface area contributed by atoms with Crippen molar-refractivity contribution >= 4 is 39.4 Å². The molecular weight excluding hydrogens is 506 g/mol. The molecule has 0 aliphatic carbocycles. The molecule has 2 saturated heterocycles. The minimum absolute atomic E-state index is 0.120. The molecule has 34 heavy (non-hydrogen) atoms. The number of benzene rings is 2. The number of carboxylic acid groups (broad SMARTS) is 1. The van der Waals surface area contributed by atoms with E-state index in [1.54, 1.807) is 45.0 Å². The molecule has 0 spiro atoms. The Labute approximate surface area is 204 Å². The Kier molecular flexibility index (Phi) is 5.85. The van der Waals surface area contributed by atoms with Crippen molar-refractivity contribution in [3.05, 3.63) is 74.2 Å². The van der Waals surface area contributed by atoms with Gasteiger partial charge in [-0.1, -0.05) is 40.2 Å². The molecule has 2 amide bonds. The lowest BCUT2D eigenvalue weighted by atomic mass is 9.76. The van der Waals surface area contributed by atoms with Gasteiger partial charge in [0.05, 0.1) is 16.8 Å². The summed E-state index contributed by atoms with van der Waals surface area (Å²) in [6.45, 7) is 5.22. The van der Waals surface area contributed by atoms with Crippen LogP contribution >= 0.6 is 15.9 Å². The second-order valence-corrected chi connectivity index (χ2v) is 10.7. The van der Waals surface area contributed by atoms with Gasteiger partial charge in [0.1, 0.15) is 5.54 Å². The first kappa shape index (κ1) is 24.0. The fourth-order valence-electron chi connectivity index (χ4n) is 5.11. The summed E-state index contributed by atoms with van der Waals surface area (Å²) in [6, 6.07) is 12.0. The van der Waals surface area contributed by atoms with Gasteiger partial charge in [0.15, 0.2) is 0 Å². The van der Waals surface area contributed by atoms with Crippen molar-refractivity contribution in [2.75, 3.05) is 0 Å². The van der Waals surface area contributed by atoms with Gasteiger partial charge in [-0.25, -0.2) is 0 Å². The third-order valence-corrected chi connectivity index (χ3v) is 7.09. The molecule has 178 valence electrons. The summed E-state index contributed by atoms with van der Waals surface area (Å²) in [7, 11) is 0. The smallest absolute Gasteiger partial charge is 0.325 e. The Hall–Kier alpha value is -3.11. The van der Waals surface area contributed by atoms with Gasteiger partial charge in [-0.3, -0.25) is 34.7 Å². The van der Waals surface area contributed by atoms with Crippen LogP contribution in [0.5, 0.6) is 0 Å². The van der Waals surface area contributed by atoms with E-state index in [4.69, 9.17) is 0 Å². The molecule has 0 bridgehead atoms. The molecule has 2 aliphatic rings. The molecule has 2 aliphatic heterocycles. The predicted octanol–water partition coefficient (Wildman–Crippen LogP) is 3.47. The van der Waals surface area contributed by atoms with Crippen LogP contribution < -0.4 is 5.32 Å². The summed E-state index contributed by atoms with van der Waals surface area (Å²) in [5, 5.41) is 24.6. The summed E-state index contributed by atoms with van der Waals surface area (Å²) in [5.74, 6) is -4.23. The zero-order valence-corrected chi connectivity index (χ0v) is 20.4. The van der Waals surface area contributed by atoms with E-state index in [9.17, 15) is 29.6 Å². The number of aliphatic carboxylic acids is 1. The van der Waals surface area contributed by atoms with Gasteiger partial charge in [0.25, 0.3) is 5.69 Å². The third kappa shape index (κ3) is 3.80. The highest BCUT2D eigenvalue weighted by Crippen LogP contribution is 2.51. The number of likely N-dealkylation sites (tertiary alicyclic amines) is 1. The maximum absolute atomic E-state index is 13.6. The lowest BCUT2D eigenvalue weighted by molar-refractivity contribution is -0.384. The van der Waals surface area contributed by atoms with Gasteiger partial charge in [0, 0.05) is 34.6 Å². The minimum Gasteiger partial charge on any atom is -0.480 e. The number of carboxylic acids is 1. The van der Waals surface area contributed by atoms with Crippen molar-refractivity contribution in [3.8, 4) is 0 Å². The number of amides is 2. The zero-order chi connectivity index (χ0) is 25.0. The Bertz CT molecular complexity index is 1170. The van der Waals surface area contributed by atoms with E-state index in [0.717, 1.165) is 4.47 Å². The molecule has 4 rings (SSSR count). The van der Waals surface area contributed by atoms with Crippen molar-refractivity contribution in [2.24, 2.45) is 11.8 Å². The van der Waals surface area contributed by atoms with E-state index < -0.39 is 51.7 Å². The highest BCUT2D eigenvalue weighted by Gasteiger charge is 2.69. The second kappa shape index (κ2) is 8.28. The summed E-state index contributed by atoms with van der Waals surface area (Å²) in [4.78, 5) is 51.7. The van der Waals surface area contributed by atoms with E-state index in [1.165, 1.54) is 29.2 Å². The molecule has 2 fully saturated rings. The highest BCUT2D eigenvalue weighted by molar-refractivity contribution is 9.10. The van der Waals surface area contributed by atoms with Crippen LogP contribution in [0.2, 0.25) is 0 Å². The normalized spacial score (nSPS) is 26.6. The number of nitro groups is 1. The zero-order valence-electron chi connectivity index (χ0n) is 18.8. The molecule has 4 atom stereocenters. The van der Waals surface area contributed by atoms with Crippen LogP contribution in [0, 0.1) is 22.0 Å². The number of hydrogen-bond donors (Lipinski definition) is 2. The maximum atomic E-state index is 13.6. The van der Waals surface area contributed by atoms with Gasteiger partial charge in [-0.15, -0.1) is 0 Å². The number of nitrogens with zero attached hydrogens (tertiary/aromatic N) is 2. The highest BCUT2D eigenvalue weighted by atomic mass is 79.9. The van der Waals surface area contributed by atoms with Crippen molar-refractivity contribution in [1.82, 2.24) is 10.2 Å². The van der Waals surface area contributed by atoms with Crippen molar-refractivity contribution < 1.29 is 24.4 Å². The molecule has 4 unspecified atom stereocenters. The van der Waals surface area contributed by atoms with Gasteiger partial charge >= 0.3 is 5.97 Å². The topological polar surface area (TPSA) is 130 Å². The van der Waals surface area contributed by atoms with Gasteiger partial charge in [-0.2, -0.15) is 0 Å². The molecule has 2 heterocycles. The number of fused-ring (bicyclic) bond motifs is 1. The molecule has 9 nitrogen and oxygen atoms in total. The Morgan fingerprint density at radius 2 is 1.71 bits per heavy atom. The summed E-state index contributed by atoms with van der Waals surface area (Å²) >= 11 is 3.38. The number of rotatable bonds is 5. The van der Waals surface area contributed by atoms with Crippen molar-refractivity contribution in [2.45, 2.75) is 44.3 Å². The molecule has 0 radical (unpaired) electrons. The van der Waals surface area contributed by atoms with Crippen molar-refractivity contribution in [1.29, 1.82) is 0 Å². The molecule has 2 aromatic rings. The van der Waals surface area contributed by atoms with E-state index in [-0.39, 0.29) is 12.1 Å². The number of imide groups is 1. The van der Waals surface area contributed by atoms with Gasteiger partial charge in [0.2, 0.25) is 11.8 Å². The van der Waals surface area contributed by atoms with E-state index >= 15 is 0 Å². The quantitative estimate of drug-likeness (QED) is 0.344. The van der Waals surface area contributed by atoms with Crippen LogP contribution in [0.3, 0.4) is 0 Å². The molecule has 2 aromatic carbocycles. The lowest BCUT2D eigenvalue weighted by Crippen LogP contribution is -2.58. The average molecular weight is 530 g/mol. The number of nitrogens with one attached hydrogen (secondary N) is 1. The summed E-state index contributed by atoms with van der Waals surface area (Å²) < 4.78 is 0.825. The van der Waals surface area contributed by atoms with Crippen LogP contribution in [-0.2, 0) is 20.8 Å². The Morgan fingerprint density at radius 3 is 2.21 bits per heavy atom. The number of hydrogen-bond acceptors (Lipinski definition) is 6. The van der Waals surface area contributed by atoms with Gasteiger partial charge in [-0.05, 0) is 44.0 Å². The summed E-state index contributed by atoms with van der Waals surface area (Å²) in [5.41, 5.74) is -1.51. The van der Waals surface area contributed by atoms with E-state index in [1.807, 2.05) is 0 Å². The molecular formula is C24H24BrN3O6. The number of halogens is 1. The molecule has 0 saturated carbocycles. The average Bonchev–Trinajstić information content (AvgIpc) is 3.23. The Balaban J connectivity index is 1.84. The molecule has 10 heteroatoms. The van der Waals surface area contributed by atoms with Crippen LogP contribution in [0.1, 0.15) is 37.9 Å². The molecule has 2 N–H and O–H groups in total. The summed E-state index contributed by atoms with van der Waals surface area (Å²) in [6.07, 6.45) is -0.120. The number of nitro benzene ring substituents is 1. The largest absolute Gasteiger partial charge is 0.480 e. The number of carbonyl (C=O) groups excluding carboxylic acids is 2.